The Kier molecular flexibility index (Phi) is 5.79. The highest BCUT2D eigenvalue weighted by Gasteiger charge is 2.25. The lowest BCUT2D eigenvalue weighted by molar-refractivity contribution is -0.116. The summed E-state index contributed by atoms with van der Waals surface area (Å²) < 4.78 is 4.49. The van der Waals surface area contributed by atoms with Crippen LogP contribution < -0.4 is 16.6 Å². The van der Waals surface area contributed by atoms with Crippen LogP contribution in [0, 0.1) is 0 Å². The van der Waals surface area contributed by atoms with Gasteiger partial charge in [0.2, 0.25) is 5.91 Å². The van der Waals surface area contributed by atoms with Crippen LogP contribution in [-0.2, 0) is 30.7 Å². The Morgan fingerprint density at radius 3 is 2.53 bits per heavy atom. The van der Waals surface area contributed by atoms with Crippen molar-refractivity contribution in [2.24, 2.45) is 0 Å². The predicted molar refractivity (Wildman–Crippen MR) is 138 cm³/mol. The fourth-order valence-corrected chi connectivity index (χ4v) is 5.71. The molecule has 8 nitrogen and oxygen atoms in total. The summed E-state index contributed by atoms with van der Waals surface area (Å²) in [5.74, 6) is -0.398. The molecule has 2 heterocycles. The van der Waals surface area contributed by atoms with Gasteiger partial charge in [0.15, 0.2) is 11.2 Å². The number of carbonyl (C=O) groups excluding carboxylic acids is 1. The first kappa shape index (κ1) is 22.5. The minimum atomic E-state index is -0.530. The summed E-state index contributed by atoms with van der Waals surface area (Å²) in [5, 5.41) is 2.89. The third-order valence-corrected chi connectivity index (χ3v) is 7.53. The van der Waals surface area contributed by atoms with Crippen molar-refractivity contribution in [3.8, 4) is 0 Å². The lowest BCUT2D eigenvalue weighted by Crippen LogP contribution is -2.43. The van der Waals surface area contributed by atoms with Crippen LogP contribution in [0.1, 0.15) is 54.8 Å². The monoisotopic (exact) mass is 483 g/mol. The Morgan fingerprint density at radius 2 is 1.72 bits per heavy atom. The molecule has 8 heteroatoms. The molecule has 2 aromatic heterocycles. The van der Waals surface area contributed by atoms with E-state index in [1.54, 1.807) is 6.33 Å². The highest BCUT2D eigenvalue weighted by Crippen LogP contribution is 2.31. The molecule has 36 heavy (non-hydrogen) atoms. The molecule has 1 amide bonds. The molecule has 0 saturated heterocycles. The highest BCUT2D eigenvalue weighted by molar-refractivity contribution is 5.90. The van der Waals surface area contributed by atoms with Gasteiger partial charge in [0.05, 0.1) is 12.9 Å². The first-order valence-corrected chi connectivity index (χ1v) is 12.7. The van der Waals surface area contributed by atoms with Gasteiger partial charge in [-0.1, -0.05) is 49.2 Å². The molecule has 1 N–H and O–H groups in total. The number of benzene rings is 2. The van der Waals surface area contributed by atoms with Crippen molar-refractivity contribution in [1.29, 1.82) is 0 Å². The van der Waals surface area contributed by atoms with Crippen molar-refractivity contribution in [2.45, 2.75) is 64.1 Å². The average molecular weight is 484 g/mol. The number of anilines is 1. The number of imidazole rings is 1. The lowest BCUT2D eigenvalue weighted by atomic mass is 10.1. The van der Waals surface area contributed by atoms with Gasteiger partial charge in [-0.25, -0.2) is 14.3 Å². The zero-order chi connectivity index (χ0) is 24.6. The van der Waals surface area contributed by atoms with Gasteiger partial charge in [-0.3, -0.25) is 14.2 Å². The molecule has 0 aliphatic heterocycles. The number of rotatable bonds is 6. The van der Waals surface area contributed by atoms with E-state index in [-0.39, 0.29) is 19.1 Å². The Balaban J connectivity index is 1.40. The van der Waals surface area contributed by atoms with Crippen LogP contribution in [0.4, 0.5) is 5.69 Å². The largest absolute Gasteiger partial charge is 0.333 e. The maximum atomic E-state index is 13.6. The van der Waals surface area contributed by atoms with E-state index in [2.05, 4.69) is 10.3 Å². The fraction of sp³-hybridized carbons (Fsp3) is 0.357. The number of fused-ring (bicyclic) bond motifs is 2. The van der Waals surface area contributed by atoms with Crippen LogP contribution in [-0.4, -0.2) is 24.6 Å². The summed E-state index contributed by atoms with van der Waals surface area (Å²) in [6, 6.07) is 15.7. The predicted octanol–water partition coefficient (Wildman–Crippen LogP) is 3.65. The number of nitrogens with one attached hydrogen (secondary N) is 1. The van der Waals surface area contributed by atoms with Crippen molar-refractivity contribution >= 4 is 22.8 Å². The topological polar surface area (TPSA) is 90.9 Å². The van der Waals surface area contributed by atoms with E-state index < -0.39 is 17.2 Å². The Labute approximate surface area is 208 Å². The third-order valence-electron chi connectivity index (χ3n) is 7.53. The molecule has 0 spiro atoms. The molecule has 1 saturated carbocycles. The Hall–Kier alpha value is -3.94. The molecule has 2 aliphatic carbocycles. The summed E-state index contributed by atoms with van der Waals surface area (Å²) in [4.78, 5) is 44.8. The molecule has 0 atom stereocenters. The summed E-state index contributed by atoms with van der Waals surface area (Å²) in [7, 11) is 0. The number of hydrogen-bond donors (Lipinski definition) is 1. The minimum absolute atomic E-state index is 0.180. The summed E-state index contributed by atoms with van der Waals surface area (Å²) >= 11 is 0. The first-order chi connectivity index (χ1) is 17.6. The lowest BCUT2D eigenvalue weighted by Gasteiger charge is -2.15. The average Bonchev–Trinajstić information content (AvgIpc) is 3.65. The van der Waals surface area contributed by atoms with E-state index in [9.17, 15) is 14.4 Å². The summed E-state index contributed by atoms with van der Waals surface area (Å²) in [6.07, 6.45) is 9.02. The molecule has 6 rings (SSSR count). The molecular weight excluding hydrogens is 454 g/mol. The van der Waals surface area contributed by atoms with Gasteiger partial charge < -0.3 is 9.88 Å². The van der Waals surface area contributed by atoms with Gasteiger partial charge >= 0.3 is 5.69 Å². The van der Waals surface area contributed by atoms with Crippen molar-refractivity contribution in [3.63, 3.8) is 0 Å². The third kappa shape index (κ3) is 4.06. The van der Waals surface area contributed by atoms with Crippen LogP contribution in [0.3, 0.4) is 0 Å². The van der Waals surface area contributed by atoms with E-state index in [0.717, 1.165) is 55.1 Å². The Bertz CT molecular complexity index is 1560. The molecule has 0 radical (unpaired) electrons. The van der Waals surface area contributed by atoms with Crippen molar-refractivity contribution in [1.82, 2.24) is 18.7 Å². The summed E-state index contributed by atoms with van der Waals surface area (Å²) in [6.45, 7) is -0.0834. The van der Waals surface area contributed by atoms with Crippen LogP contribution >= 0.6 is 0 Å². The molecule has 1 fully saturated rings. The van der Waals surface area contributed by atoms with Gasteiger partial charge in [-0.05, 0) is 60.9 Å². The quantitative estimate of drug-likeness (QED) is 0.453. The number of amides is 1. The second kappa shape index (κ2) is 9.26. The zero-order valence-corrected chi connectivity index (χ0v) is 20.2. The van der Waals surface area contributed by atoms with E-state index in [0.29, 0.717) is 16.9 Å². The molecular formula is C28H29N5O3. The molecule has 0 bridgehead atoms. The second-order valence-corrected chi connectivity index (χ2v) is 9.89. The van der Waals surface area contributed by atoms with E-state index in [1.165, 1.54) is 15.7 Å². The molecule has 184 valence electrons. The highest BCUT2D eigenvalue weighted by atomic mass is 16.2. The zero-order valence-electron chi connectivity index (χ0n) is 20.2. The smallest absolute Gasteiger partial charge is 0.325 e. The number of aromatic nitrogens is 4. The van der Waals surface area contributed by atoms with Gasteiger partial charge in [0.25, 0.3) is 5.56 Å². The van der Waals surface area contributed by atoms with Crippen LogP contribution in [0.25, 0.3) is 11.2 Å². The second-order valence-electron chi connectivity index (χ2n) is 9.89. The number of hydrogen-bond acceptors (Lipinski definition) is 4. The van der Waals surface area contributed by atoms with Gasteiger partial charge in [0, 0.05) is 11.7 Å². The normalized spacial score (nSPS) is 15.4. The van der Waals surface area contributed by atoms with Gasteiger partial charge in [0.1, 0.15) is 6.54 Å². The van der Waals surface area contributed by atoms with Crippen molar-refractivity contribution < 1.29 is 4.79 Å². The van der Waals surface area contributed by atoms with Gasteiger partial charge in [-0.2, -0.15) is 0 Å². The van der Waals surface area contributed by atoms with Crippen LogP contribution in [0.2, 0.25) is 0 Å². The van der Waals surface area contributed by atoms with Crippen molar-refractivity contribution in [2.75, 3.05) is 5.32 Å². The Morgan fingerprint density at radius 1 is 0.944 bits per heavy atom. The minimum Gasteiger partial charge on any atom is -0.325 e. The number of carbonyl (C=O) groups is 1. The molecule has 4 aromatic rings. The standard InChI is InChI=1S/C28H29N5O3/c34-24(30-22-14-13-20-9-6-10-21(20)15-22)17-32-27(35)25-26(29-18-33(25)23-11-4-5-12-23)31(28(32)36)16-19-7-2-1-3-8-19/h1-3,7-8,13-15,18,23H,4-6,9-12,16-17H2,(H,30,34). The van der Waals surface area contributed by atoms with E-state index in [4.69, 9.17) is 0 Å². The maximum absolute atomic E-state index is 13.6. The molecule has 0 unspecified atom stereocenters. The maximum Gasteiger partial charge on any atom is 0.333 e. The number of nitrogens with zero attached hydrogens (tertiary/aromatic N) is 4. The van der Waals surface area contributed by atoms with E-state index >= 15 is 0 Å². The van der Waals surface area contributed by atoms with Crippen molar-refractivity contribution in [3.05, 3.63) is 92.4 Å². The molecule has 2 aromatic carbocycles. The molecule has 2 aliphatic rings. The fourth-order valence-electron chi connectivity index (χ4n) is 5.71. The number of aryl methyl sites for hydroxylation is 2. The summed E-state index contributed by atoms with van der Waals surface area (Å²) in [5.41, 5.74) is 3.94. The van der Waals surface area contributed by atoms with Crippen LogP contribution in [0.5, 0.6) is 0 Å². The first-order valence-electron chi connectivity index (χ1n) is 12.7. The van der Waals surface area contributed by atoms with Gasteiger partial charge in [-0.15, -0.1) is 0 Å². The SMILES string of the molecule is O=C(Cn1c(=O)c2c(ncn2C2CCCC2)n(Cc2ccccc2)c1=O)Nc1ccc2c(c1)CCC2. The van der Waals surface area contributed by atoms with Crippen LogP contribution in [0.15, 0.2) is 64.4 Å². The van der Waals surface area contributed by atoms with E-state index in [1.807, 2.05) is 53.1 Å².